The Labute approximate surface area is 161 Å². The number of rotatable bonds is 4. The van der Waals surface area contributed by atoms with Gasteiger partial charge in [0.05, 0.1) is 17.5 Å². The van der Waals surface area contributed by atoms with E-state index in [-0.39, 0.29) is 23.8 Å². The number of amides is 1. The van der Waals surface area contributed by atoms with Gasteiger partial charge in [-0.2, -0.15) is 5.10 Å². The second-order valence-electron chi connectivity index (χ2n) is 7.04. The number of carbonyl (C=O) groups excluding carboxylic acids is 1. The molecule has 4 rings (SSSR count). The van der Waals surface area contributed by atoms with Gasteiger partial charge in [-0.25, -0.2) is 9.67 Å². The van der Waals surface area contributed by atoms with Gasteiger partial charge in [-0.05, 0) is 24.3 Å². The van der Waals surface area contributed by atoms with Crippen LogP contribution in [0.1, 0.15) is 31.4 Å². The summed E-state index contributed by atoms with van der Waals surface area (Å²) in [7, 11) is 1.58. The molecule has 0 aliphatic carbocycles. The maximum absolute atomic E-state index is 12.6. The predicted octanol–water partition coefficient (Wildman–Crippen LogP) is 3.38. The summed E-state index contributed by atoms with van der Waals surface area (Å²) in [6, 6.07) is 12.5. The molecule has 2 aromatic carbocycles. The van der Waals surface area contributed by atoms with Crippen molar-refractivity contribution in [3.05, 3.63) is 64.4 Å². The number of aryl methyl sites for hydroxylation is 1. The molecule has 28 heavy (non-hydrogen) atoms. The van der Waals surface area contributed by atoms with Gasteiger partial charge in [-0.1, -0.05) is 32.0 Å². The minimum Gasteiger partial charge on any atom is -0.440 e. The molecule has 0 atom stereocenters. The SMILES string of the molecule is CC(C)c1nc2cc(NC(=O)Cc3nn(C)c(=O)c4ccccc34)ccc2o1. The molecule has 0 fully saturated rings. The number of anilines is 1. The van der Waals surface area contributed by atoms with Crippen LogP contribution in [0, 0.1) is 0 Å². The van der Waals surface area contributed by atoms with Crippen LogP contribution in [-0.4, -0.2) is 20.7 Å². The fourth-order valence-electron chi connectivity index (χ4n) is 3.13. The van der Waals surface area contributed by atoms with E-state index in [0.29, 0.717) is 39.1 Å². The molecule has 2 heterocycles. The third-order valence-corrected chi connectivity index (χ3v) is 4.54. The Balaban J connectivity index is 1.60. The molecule has 0 unspecified atom stereocenters. The topological polar surface area (TPSA) is 90.0 Å². The third-order valence-electron chi connectivity index (χ3n) is 4.54. The van der Waals surface area contributed by atoms with Crippen molar-refractivity contribution >= 4 is 33.5 Å². The van der Waals surface area contributed by atoms with Crippen LogP contribution in [0.5, 0.6) is 0 Å². The zero-order chi connectivity index (χ0) is 19.8. The van der Waals surface area contributed by atoms with Crippen LogP contribution in [0.2, 0.25) is 0 Å². The van der Waals surface area contributed by atoms with Crippen LogP contribution in [0.25, 0.3) is 21.9 Å². The Morgan fingerprint density at radius 1 is 1.18 bits per heavy atom. The number of nitrogens with zero attached hydrogens (tertiary/aromatic N) is 3. The molecule has 142 valence electrons. The summed E-state index contributed by atoms with van der Waals surface area (Å²) in [4.78, 5) is 29.3. The minimum atomic E-state index is -0.219. The van der Waals surface area contributed by atoms with Gasteiger partial charge in [0.2, 0.25) is 5.91 Å². The van der Waals surface area contributed by atoms with Crippen LogP contribution in [-0.2, 0) is 18.3 Å². The van der Waals surface area contributed by atoms with E-state index in [4.69, 9.17) is 4.42 Å². The highest BCUT2D eigenvalue weighted by molar-refractivity contribution is 5.96. The van der Waals surface area contributed by atoms with Crippen molar-refractivity contribution in [1.82, 2.24) is 14.8 Å². The maximum atomic E-state index is 12.6. The second kappa shape index (κ2) is 6.92. The van der Waals surface area contributed by atoms with Crippen LogP contribution >= 0.6 is 0 Å². The highest BCUT2D eigenvalue weighted by Gasteiger charge is 2.14. The van der Waals surface area contributed by atoms with E-state index in [1.54, 1.807) is 43.4 Å². The Hall–Kier alpha value is -3.48. The van der Waals surface area contributed by atoms with Crippen LogP contribution in [0.15, 0.2) is 51.7 Å². The van der Waals surface area contributed by atoms with Gasteiger partial charge < -0.3 is 9.73 Å². The van der Waals surface area contributed by atoms with E-state index < -0.39 is 0 Å². The predicted molar refractivity (Wildman–Crippen MR) is 107 cm³/mol. The lowest BCUT2D eigenvalue weighted by Gasteiger charge is -2.09. The molecule has 4 aromatic rings. The number of carbonyl (C=O) groups is 1. The first kappa shape index (κ1) is 17.9. The van der Waals surface area contributed by atoms with Gasteiger partial charge in [0, 0.05) is 24.0 Å². The van der Waals surface area contributed by atoms with Gasteiger partial charge in [-0.3, -0.25) is 9.59 Å². The van der Waals surface area contributed by atoms with Crippen LogP contribution in [0.4, 0.5) is 5.69 Å². The minimum absolute atomic E-state index is 0.0583. The Morgan fingerprint density at radius 2 is 1.93 bits per heavy atom. The highest BCUT2D eigenvalue weighted by Crippen LogP contribution is 2.24. The number of aromatic nitrogens is 3. The molecule has 0 saturated heterocycles. The Kier molecular flexibility index (Phi) is 4.43. The Bertz CT molecular complexity index is 1250. The van der Waals surface area contributed by atoms with Gasteiger partial charge in [0.1, 0.15) is 5.52 Å². The van der Waals surface area contributed by atoms with Crippen LogP contribution < -0.4 is 10.9 Å². The molecule has 2 aromatic heterocycles. The fraction of sp³-hybridized carbons (Fsp3) is 0.238. The number of benzene rings is 2. The fourth-order valence-corrected chi connectivity index (χ4v) is 3.13. The summed E-state index contributed by atoms with van der Waals surface area (Å²) >= 11 is 0. The molecule has 7 heteroatoms. The standard InChI is InChI=1S/C21H20N4O3/c1-12(2)20-23-17-10-13(8-9-18(17)28-20)22-19(26)11-16-14-6-4-5-7-15(14)21(27)25(3)24-16/h4-10,12H,11H2,1-3H3,(H,22,26). The number of hydrogen-bond donors (Lipinski definition) is 1. The summed E-state index contributed by atoms with van der Waals surface area (Å²) in [6.45, 7) is 4.02. The van der Waals surface area contributed by atoms with Crippen molar-refractivity contribution in [2.24, 2.45) is 7.05 Å². The van der Waals surface area contributed by atoms with Gasteiger partial charge in [-0.15, -0.1) is 0 Å². The third kappa shape index (κ3) is 3.26. The average Bonchev–Trinajstić information content (AvgIpc) is 3.09. The molecular weight excluding hydrogens is 356 g/mol. The molecule has 0 aliphatic heterocycles. The molecule has 0 bridgehead atoms. The first-order chi connectivity index (χ1) is 13.4. The van der Waals surface area contributed by atoms with Crippen molar-refractivity contribution in [2.45, 2.75) is 26.2 Å². The molecule has 0 saturated carbocycles. The van der Waals surface area contributed by atoms with Crippen molar-refractivity contribution in [1.29, 1.82) is 0 Å². The zero-order valence-corrected chi connectivity index (χ0v) is 15.9. The summed E-state index contributed by atoms with van der Waals surface area (Å²) in [5.41, 5.74) is 2.40. The monoisotopic (exact) mass is 376 g/mol. The van der Waals surface area contributed by atoms with E-state index in [0.717, 1.165) is 0 Å². The lowest BCUT2D eigenvalue weighted by molar-refractivity contribution is -0.115. The molecule has 1 N–H and O–H groups in total. The molecule has 0 spiro atoms. The lowest BCUT2D eigenvalue weighted by atomic mass is 10.1. The smallest absolute Gasteiger partial charge is 0.274 e. The van der Waals surface area contributed by atoms with Gasteiger partial charge in [0.25, 0.3) is 5.56 Å². The molecule has 1 amide bonds. The molecular formula is C21H20N4O3. The highest BCUT2D eigenvalue weighted by atomic mass is 16.3. The molecule has 0 radical (unpaired) electrons. The number of oxazole rings is 1. The van der Waals surface area contributed by atoms with Gasteiger partial charge >= 0.3 is 0 Å². The summed E-state index contributed by atoms with van der Waals surface area (Å²) in [6.07, 6.45) is 0.0583. The lowest BCUT2D eigenvalue weighted by Crippen LogP contribution is -2.24. The van der Waals surface area contributed by atoms with E-state index >= 15 is 0 Å². The van der Waals surface area contributed by atoms with E-state index in [1.807, 2.05) is 19.9 Å². The normalized spacial score (nSPS) is 11.4. The first-order valence-corrected chi connectivity index (χ1v) is 9.07. The quantitative estimate of drug-likeness (QED) is 0.590. The van der Waals surface area contributed by atoms with E-state index in [9.17, 15) is 9.59 Å². The summed E-state index contributed by atoms with van der Waals surface area (Å²) in [5.74, 6) is 0.636. The number of nitrogens with one attached hydrogen (secondary N) is 1. The maximum Gasteiger partial charge on any atom is 0.274 e. The van der Waals surface area contributed by atoms with Crippen molar-refractivity contribution in [2.75, 3.05) is 5.32 Å². The average molecular weight is 376 g/mol. The largest absolute Gasteiger partial charge is 0.440 e. The van der Waals surface area contributed by atoms with Crippen molar-refractivity contribution in [3.63, 3.8) is 0 Å². The van der Waals surface area contributed by atoms with E-state index in [1.165, 1.54) is 4.68 Å². The van der Waals surface area contributed by atoms with Crippen molar-refractivity contribution < 1.29 is 9.21 Å². The van der Waals surface area contributed by atoms with Crippen molar-refractivity contribution in [3.8, 4) is 0 Å². The summed E-state index contributed by atoms with van der Waals surface area (Å²) in [5, 5.41) is 8.38. The zero-order valence-electron chi connectivity index (χ0n) is 15.9. The Morgan fingerprint density at radius 3 is 2.68 bits per heavy atom. The first-order valence-electron chi connectivity index (χ1n) is 9.07. The number of fused-ring (bicyclic) bond motifs is 2. The van der Waals surface area contributed by atoms with Crippen LogP contribution in [0.3, 0.4) is 0 Å². The molecule has 7 nitrogen and oxygen atoms in total. The second-order valence-corrected chi connectivity index (χ2v) is 7.04. The summed E-state index contributed by atoms with van der Waals surface area (Å²) < 4.78 is 6.96. The molecule has 0 aliphatic rings. The number of hydrogen-bond acceptors (Lipinski definition) is 5. The van der Waals surface area contributed by atoms with E-state index in [2.05, 4.69) is 15.4 Å². The van der Waals surface area contributed by atoms with Gasteiger partial charge in [0.15, 0.2) is 11.5 Å².